The lowest BCUT2D eigenvalue weighted by Crippen LogP contribution is -2.37. The zero-order valence-electron chi connectivity index (χ0n) is 11.4. The largest absolute Gasteiger partial charge is 0.399 e. The molecule has 0 radical (unpaired) electrons. The van der Waals surface area contributed by atoms with Crippen molar-refractivity contribution in [3.8, 4) is 0 Å². The van der Waals surface area contributed by atoms with Crippen LogP contribution in [0.1, 0.15) is 17.4 Å². The van der Waals surface area contributed by atoms with Crippen molar-refractivity contribution in [3.05, 3.63) is 30.0 Å². The number of benzene rings is 1. The molecule has 1 aromatic heterocycles. The molecule has 1 amide bonds. The number of aromatic nitrogens is 1. The maximum atomic E-state index is 12.3. The molecular formula is C14H19N3O2. The van der Waals surface area contributed by atoms with Crippen molar-refractivity contribution in [3.63, 3.8) is 0 Å². The summed E-state index contributed by atoms with van der Waals surface area (Å²) < 4.78 is 5.06. The van der Waals surface area contributed by atoms with Gasteiger partial charge >= 0.3 is 0 Å². The molecule has 1 aromatic carbocycles. The van der Waals surface area contributed by atoms with Gasteiger partial charge in [0.25, 0.3) is 5.91 Å². The summed E-state index contributed by atoms with van der Waals surface area (Å²) in [4.78, 5) is 17.1. The summed E-state index contributed by atoms with van der Waals surface area (Å²) in [7, 11) is 3.40. The van der Waals surface area contributed by atoms with Gasteiger partial charge in [0.15, 0.2) is 0 Å². The Morgan fingerprint density at radius 3 is 2.89 bits per heavy atom. The number of nitrogen functional groups attached to an aromatic ring is 1. The van der Waals surface area contributed by atoms with Gasteiger partial charge in [0, 0.05) is 30.7 Å². The number of H-pyrrole nitrogens is 1. The van der Waals surface area contributed by atoms with Crippen molar-refractivity contribution in [2.75, 3.05) is 26.5 Å². The van der Waals surface area contributed by atoms with Gasteiger partial charge in [0.05, 0.1) is 12.6 Å². The minimum Gasteiger partial charge on any atom is -0.399 e. The van der Waals surface area contributed by atoms with E-state index in [1.165, 1.54) is 0 Å². The molecule has 102 valence electrons. The van der Waals surface area contributed by atoms with Crippen molar-refractivity contribution in [2.45, 2.75) is 13.0 Å². The Bertz CT molecular complexity index is 591. The topological polar surface area (TPSA) is 71.3 Å². The van der Waals surface area contributed by atoms with Crippen molar-refractivity contribution < 1.29 is 9.53 Å². The molecule has 3 N–H and O–H groups in total. The number of hydrogen-bond acceptors (Lipinski definition) is 3. The standard InChI is InChI=1S/C14H19N3O2/c1-9(8-19-3)17(2)14(18)13-7-10-6-11(15)4-5-12(10)16-13/h4-7,9,16H,8,15H2,1-3H3. The second-order valence-electron chi connectivity index (χ2n) is 4.75. The van der Waals surface area contributed by atoms with Crippen LogP contribution >= 0.6 is 0 Å². The first kappa shape index (κ1) is 13.4. The molecule has 2 aromatic rings. The molecule has 0 saturated heterocycles. The molecule has 0 saturated carbocycles. The van der Waals surface area contributed by atoms with Crippen LogP contribution in [-0.4, -0.2) is 42.6 Å². The van der Waals surface area contributed by atoms with Crippen molar-refractivity contribution in [2.24, 2.45) is 0 Å². The summed E-state index contributed by atoms with van der Waals surface area (Å²) >= 11 is 0. The van der Waals surface area contributed by atoms with Crippen LogP contribution in [0, 0.1) is 0 Å². The van der Waals surface area contributed by atoms with E-state index in [9.17, 15) is 4.79 Å². The second-order valence-corrected chi connectivity index (χ2v) is 4.75. The van der Waals surface area contributed by atoms with Gasteiger partial charge in [-0.05, 0) is 31.2 Å². The number of hydrogen-bond donors (Lipinski definition) is 2. The van der Waals surface area contributed by atoms with Gasteiger partial charge in [-0.25, -0.2) is 0 Å². The van der Waals surface area contributed by atoms with Crippen molar-refractivity contribution in [1.29, 1.82) is 0 Å². The summed E-state index contributed by atoms with van der Waals surface area (Å²) in [6.45, 7) is 2.46. The number of carbonyl (C=O) groups excluding carboxylic acids is 1. The molecule has 2 rings (SSSR count). The maximum absolute atomic E-state index is 12.3. The highest BCUT2D eigenvalue weighted by Gasteiger charge is 2.19. The first-order valence-corrected chi connectivity index (χ1v) is 6.17. The molecule has 5 nitrogen and oxygen atoms in total. The van der Waals surface area contributed by atoms with E-state index in [2.05, 4.69) is 4.98 Å². The zero-order valence-corrected chi connectivity index (χ0v) is 11.4. The van der Waals surface area contributed by atoms with Gasteiger partial charge in [-0.2, -0.15) is 0 Å². The van der Waals surface area contributed by atoms with Gasteiger partial charge in [-0.15, -0.1) is 0 Å². The molecular weight excluding hydrogens is 242 g/mol. The Labute approximate surface area is 112 Å². The Hall–Kier alpha value is -2.01. The van der Waals surface area contributed by atoms with E-state index < -0.39 is 0 Å². The Balaban J connectivity index is 2.26. The molecule has 0 aliphatic rings. The van der Waals surface area contributed by atoms with Gasteiger partial charge < -0.3 is 20.4 Å². The van der Waals surface area contributed by atoms with Crippen LogP contribution in [0.5, 0.6) is 0 Å². The predicted octanol–water partition coefficient (Wildman–Crippen LogP) is 1.86. The second kappa shape index (κ2) is 5.32. The fraction of sp³-hybridized carbons (Fsp3) is 0.357. The summed E-state index contributed by atoms with van der Waals surface area (Å²) in [6, 6.07) is 7.38. The Morgan fingerprint density at radius 2 is 2.21 bits per heavy atom. The van der Waals surface area contributed by atoms with Crippen LogP contribution in [-0.2, 0) is 4.74 Å². The number of anilines is 1. The number of nitrogens with one attached hydrogen (secondary N) is 1. The number of likely N-dealkylation sites (N-methyl/N-ethyl adjacent to an activating group) is 1. The lowest BCUT2D eigenvalue weighted by Gasteiger charge is -2.23. The average molecular weight is 261 g/mol. The number of fused-ring (bicyclic) bond motifs is 1. The third kappa shape index (κ3) is 2.71. The molecule has 0 aliphatic heterocycles. The fourth-order valence-electron chi connectivity index (χ4n) is 2.01. The van der Waals surface area contributed by atoms with E-state index in [1.807, 2.05) is 31.2 Å². The number of amides is 1. The van der Waals surface area contributed by atoms with Crippen LogP contribution in [0.15, 0.2) is 24.3 Å². The molecule has 0 fully saturated rings. The number of rotatable bonds is 4. The molecule has 0 bridgehead atoms. The molecule has 5 heteroatoms. The van der Waals surface area contributed by atoms with Crippen LogP contribution in [0.2, 0.25) is 0 Å². The third-order valence-electron chi connectivity index (χ3n) is 3.26. The summed E-state index contributed by atoms with van der Waals surface area (Å²) in [5.74, 6) is -0.0562. The number of carbonyl (C=O) groups is 1. The van der Waals surface area contributed by atoms with Crippen LogP contribution in [0.4, 0.5) is 5.69 Å². The van der Waals surface area contributed by atoms with E-state index in [-0.39, 0.29) is 11.9 Å². The minimum absolute atomic E-state index is 0.0222. The SMILES string of the molecule is COCC(C)N(C)C(=O)c1cc2cc(N)ccc2[nH]1. The number of nitrogens with two attached hydrogens (primary N) is 1. The Morgan fingerprint density at radius 1 is 1.47 bits per heavy atom. The summed E-state index contributed by atoms with van der Waals surface area (Å²) in [5.41, 5.74) is 7.89. The first-order chi connectivity index (χ1) is 9.02. The van der Waals surface area contributed by atoms with E-state index >= 15 is 0 Å². The summed E-state index contributed by atoms with van der Waals surface area (Å²) in [5, 5.41) is 0.941. The number of nitrogens with zero attached hydrogens (tertiary/aromatic N) is 1. The molecule has 19 heavy (non-hydrogen) atoms. The smallest absolute Gasteiger partial charge is 0.270 e. The van der Waals surface area contributed by atoms with Crippen LogP contribution in [0.3, 0.4) is 0 Å². The lowest BCUT2D eigenvalue weighted by atomic mass is 10.2. The van der Waals surface area contributed by atoms with Gasteiger partial charge in [0.2, 0.25) is 0 Å². The number of ether oxygens (including phenoxy) is 1. The van der Waals surface area contributed by atoms with Gasteiger partial charge in [0.1, 0.15) is 5.69 Å². The van der Waals surface area contributed by atoms with Crippen LogP contribution < -0.4 is 5.73 Å². The molecule has 0 spiro atoms. The highest BCUT2D eigenvalue weighted by atomic mass is 16.5. The van der Waals surface area contributed by atoms with Crippen molar-refractivity contribution >= 4 is 22.5 Å². The molecule has 1 atom stereocenters. The van der Waals surface area contributed by atoms with E-state index in [0.717, 1.165) is 10.9 Å². The van der Waals surface area contributed by atoms with Crippen LogP contribution in [0.25, 0.3) is 10.9 Å². The predicted molar refractivity (Wildman–Crippen MR) is 76.1 cm³/mol. The van der Waals surface area contributed by atoms with Crippen molar-refractivity contribution in [1.82, 2.24) is 9.88 Å². The average Bonchev–Trinajstić information content (AvgIpc) is 2.80. The normalized spacial score (nSPS) is 12.6. The van der Waals surface area contributed by atoms with Gasteiger partial charge in [-0.1, -0.05) is 0 Å². The first-order valence-electron chi connectivity index (χ1n) is 6.17. The maximum Gasteiger partial charge on any atom is 0.270 e. The quantitative estimate of drug-likeness (QED) is 0.825. The lowest BCUT2D eigenvalue weighted by molar-refractivity contribution is 0.0629. The number of methoxy groups -OCH3 is 1. The number of aromatic amines is 1. The highest BCUT2D eigenvalue weighted by Crippen LogP contribution is 2.19. The summed E-state index contributed by atoms with van der Waals surface area (Å²) in [6.07, 6.45) is 0. The Kier molecular flexibility index (Phi) is 3.76. The zero-order chi connectivity index (χ0) is 14.0. The third-order valence-corrected chi connectivity index (χ3v) is 3.26. The molecule has 1 unspecified atom stereocenters. The molecule has 1 heterocycles. The van der Waals surface area contributed by atoms with Gasteiger partial charge in [-0.3, -0.25) is 4.79 Å². The van der Waals surface area contributed by atoms with E-state index in [0.29, 0.717) is 18.0 Å². The fourth-order valence-corrected chi connectivity index (χ4v) is 2.01. The highest BCUT2D eigenvalue weighted by molar-refractivity contribution is 5.98. The van der Waals surface area contributed by atoms with E-state index in [4.69, 9.17) is 10.5 Å². The monoisotopic (exact) mass is 261 g/mol. The minimum atomic E-state index is -0.0562. The molecule has 0 aliphatic carbocycles. The van der Waals surface area contributed by atoms with E-state index in [1.54, 1.807) is 19.1 Å².